The zero-order valence-corrected chi connectivity index (χ0v) is 17.1. The molecule has 5 nitrogen and oxygen atoms in total. The molecule has 0 spiro atoms. The number of aromatic nitrogens is 2. The number of amides is 1. The van der Waals surface area contributed by atoms with Crippen molar-refractivity contribution in [2.45, 2.75) is 58.5 Å². The molecule has 1 aliphatic carbocycles. The fraction of sp³-hybridized carbons (Fsp3) is 0.375. The Labute approximate surface area is 170 Å². The van der Waals surface area contributed by atoms with Gasteiger partial charge in [-0.2, -0.15) is 0 Å². The van der Waals surface area contributed by atoms with Crippen molar-refractivity contribution in [2.75, 3.05) is 0 Å². The third-order valence-corrected chi connectivity index (χ3v) is 6.17. The Morgan fingerprint density at radius 1 is 1.10 bits per heavy atom. The van der Waals surface area contributed by atoms with Crippen LogP contribution < -0.4 is 5.56 Å². The second-order valence-electron chi connectivity index (χ2n) is 8.06. The van der Waals surface area contributed by atoms with Gasteiger partial charge in [-0.25, -0.2) is 0 Å². The molecule has 0 atom stereocenters. The van der Waals surface area contributed by atoms with Crippen LogP contribution in [0.25, 0.3) is 10.9 Å². The van der Waals surface area contributed by atoms with Gasteiger partial charge in [-0.1, -0.05) is 31.4 Å². The summed E-state index contributed by atoms with van der Waals surface area (Å²) in [5, 5.41) is 1.00. The number of carbonyl (C=O) groups is 1. The van der Waals surface area contributed by atoms with Gasteiger partial charge in [0.1, 0.15) is 0 Å². The van der Waals surface area contributed by atoms with Gasteiger partial charge in [-0.15, -0.1) is 0 Å². The lowest BCUT2D eigenvalue weighted by Crippen LogP contribution is -2.42. The molecule has 1 saturated carbocycles. The first kappa shape index (κ1) is 19.4. The average molecular weight is 389 g/mol. The number of fused-ring (bicyclic) bond motifs is 1. The van der Waals surface area contributed by atoms with Crippen LogP contribution >= 0.6 is 0 Å². The highest BCUT2D eigenvalue weighted by Crippen LogP contribution is 2.26. The van der Waals surface area contributed by atoms with Crippen molar-refractivity contribution in [1.29, 1.82) is 0 Å². The van der Waals surface area contributed by atoms with Crippen LogP contribution in [0.15, 0.2) is 47.5 Å². The standard InChI is InChI=1S/C24H27N3O2/c1-16-8-9-19-14-20(23(28)26-22(19)17(16)2)15-27(21-6-4-3-5-7-21)24(29)18-10-12-25-13-11-18/h8-14,21H,3-7,15H2,1-2H3,(H,26,28). The van der Waals surface area contributed by atoms with Gasteiger partial charge in [0, 0.05) is 29.6 Å². The lowest BCUT2D eigenvalue weighted by molar-refractivity contribution is 0.0613. The first-order valence-electron chi connectivity index (χ1n) is 10.4. The summed E-state index contributed by atoms with van der Waals surface area (Å²) in [5.74, 6) is -0.0288. The Morgan fingerprint density at radius 3 is 2.55 bits per heavy atom. The van der Waals surface area contributed by atoms with E-state index in [9.17, 15) is 9.59 Å². The largest absolute Gasteiger partial charge is 0.331 e. The zero-order valence-electron chi connectivity index (χ0n) is 17.1. The molecule has 1 aromatic carbocycles. The Bertz CT molecular complexity index is 1080. The number of nitrogens with one attached hydrogen (secondary N) is 1. The van der Waals surface area contributed by atoms with Gasteiger partial charge >= 0.3 is 0 Å². The van der Waals surface area contributed by atoms with Crippen LogP contribution in [-0.4, -0.2) is 26.8 Å². The lowest BCUT2D eigenvalue weighted by Gasteiger charge is -2.34. The molecule has 2 aromatic heterocycles. The Hall–Kier alpha value is -2.95. The number of hydrogen-bond acceptors (Lipinski definition) is 3. The molecule has 150 valence electrons. The summed E-state index contributed by atoms with van der Waals surface area (Å²) in [7, 11) is 0. The van der Waals surface area contributed by atoms with E-state index in [0.717, 1.165) is 47.7 Å². The van der Waals surface area contributed by atoms with Gasteiger partial charge in [0.25, 0.3) is 11.5 Å². The van der Waals surface area contributed by atoms with E-state index in [1.807, 2.05) is 30.9 Å². The van der Waals surface area contributed by atoms with E-state index in [2.05, 4.69) is 16.0 Å². The summed E-state index contributed by atoms with van der Waals surface area (Å²) in [6, 6.07) is 9.70. The molecular weight excluding hydrogens is 362 g/mol. The Kier molecular flexibility index (Phi) is 5.47. The van der Waals surface area contributed by atoms with Crippen molar-refractivity contribution in [1.82, 2.24) is 14.9 Å². The zero-order chi connectivity index (χ0) is 20.4. The fourth-order valence-electron chi connectivity index (χ4n) is 4.29. The summed E-state index contributed by atoms with van der Waals surface area (Å²) < 4.78 is 0. The third-order valence-electron chi connectivity index (χ3n) is 6.17. The predicted octanol–water partition coefficient (Wildman–Crippen LogP) is 4.52. The number of carbonyl (C=O) groups excluding carboxylic acids is 1. The van der Waals surface area contributed by atoms with Crippen LogP contribution in [0.1, 0.15) is 59.2 Å². The molecule has 4 rings (SSSR count). The van der Waals surface area contributed by atoms with E-state index in [1.165, 1.54) is 6.42 Å². The summed E-state index contributed by atoms with van der Waals surface area (Å²) in [6.07, 6.45) is 8.71. The monoisotopic (exact) mass is 389 g/mol. The van der Waals surface area contributed by atoms with Gasteiger partial charge in [-0.3, -0.25) is 14.6 Å². The topological polar surface area (TPSA) is 66.1 Å². The molecule has 0 radical (unpaired) electrons. The van der Waals surface area contributed by atoms with Gasteiger partial charge < -0.3 is 9.88 Å². The lowest BCUT2D eigenvalue weighted by atomic mass is 9.93. The smallest absolute Gasteiger partial charge is 0.254 e. The first-order chi connectivity index (χ1) is 14.0. The molecule has 0 unspecified atom stereocenters. The maximum absolute atomic E-state index is 13.3. The molecular formula is C24H27N3O2. The summed E-state index contributed by atoms with van der Waals surface area (Å²) in [5.41, 5.74) is 4.25. The average Bonchev–Trinajstić information content (AvgIpc) is 2.76. The van der Waals surface area contributed by atoms with E-state index in [4.69, 9.17) is 0 Å². The molecule has 5 heteroatoms. The van der Waals surface area contributed by atoms with Crippen LogP contribution in [0.4, 0.5) is 0 Å². The highest BCUT2D eigenvalue weighted by atomic mass is 16.2. The number of H-pyrrole nitrogens is 1. The molecule has 1 N–H and O–H groups in total. The minimum atomic E-state index is -0.116. The SMILES string of the molecule is Cc1ccc2cc(CN(C(=O)c3ccncc3)C3CCCCC3)c(=O)[nH]c2c1C. The second kappa shape index (κ2) is 8.19. The molecule has 1 fully saturated rings. The van der Waals surface area contributed by atoms with Gasteiger partial charge in [0.2, 0.25) is 0 Å². The number of aryl methyl sites for hydroxylation is 2. The summed E-state index contributed by atoms with van der Waals surface area (Å²) >= 11 is 0. The van der Waals surface area contributed by atoms with E-state index < -0.39 is 0 Å². The number of benzene rings is 1. The van der Waals surface area contributed by atoms with Crippen molar-refractivity contribution >= 4 is 16.8 Å². The van der Waals surface area contributed by atoms with E-state index in [0.29, 0.717) is 17.7 Å². The van der Waals surface area contributed by atoms with Gasteiger partial charge in [-0.05, 0) is 61.4 Å². The predicted molar refractivity (Wildman–Crippen MR) is 115 cm³/mol. The van der Waals surface area contributed by atoms with Crippen molar-refractivity contribution in [3.63, 3.8) is 0 Å². The molecule has 0 bridgehead atoms. The number of rotatable bonds is 4. The number of nitrogens with zero attached hydrogens (tertiary/aromatic N) is 2. The molecule has 2 heterocycles. The van der Waals surface area contributed by atoms with Crippen molar-refractivity contribution < 1.29 is 4.79 Å². The Morgan fingerprint density at radius 2 is 1.83 bits per heavy atom. The highest BCUT2D eigenvalue weighted by Gasteiger charge is 2.27. The van der Waals surface area contributed by atoms with Crippen molar-refractivity contribution in [3.8, 4) is 0 Å². The van der Waals surface area contributed by atoms with Crippen molar-refractivity contribution in [3.05, 3.63) is 75.3 Å². The van der Waals surface area contributed by atoms with Crippen LogP contribution in [0, 0.1) is 13.8 Å². The number of aromatic amines is 1. The molecule has 1 amide bonds. The minimum absolute atomic E-state index is 0.0288. The molecule has 1 aliphatic rings. The van der Waals surface area contributed by atoms with Crippen LogP contribution in [-0.2, 0) is 6.54 Å². The maximum Gasteiger partial charge on any atom is 0.254 e. The quantitative estimate of drug-likeness (QED) is 0.714. The third kappa shape index (κ3) is 3.95. The normalized spacial score (nSPS) is 14.8. The minimum Gasteiger partial charge on any atom is -0.331 e. The van der Waals surface area contributed by atoms with Gasteiger partial charge in [0.15, 0.2) is 0 Å². The van der Waals surface area contributed by atoms with E-state index in [1.54, 1.807) is 24.5 Å². The maximum atomic E-state index is 13.3. The first-order valence-corrected chi connectivity index (χ1v) is 10.4. The van der Waals surface area contributed by atoms with Gasteiger partial charge in [0.05, 0.1) is 12.1 Å². The van der Waals surface area contributed by atoms with E-state index in [-0.39, 0.29) is 17.5 Å². The molecule has 0 aliphatic heterocycles. The molecule has 29 heavy (non-hydrogen) atoms. The van der Waals surface area contributed by atoms with Crippen LogP contribution in [0.3, 0.4) is 0 Å². The van der Waals surface area contributed by atoms with E-state index >= 15 is 0 Å². The summed E-state index contributed by atoms with van der Waals surface area (Å²) in [4.78, 5) is 35.1. The molecule has 3 aromatic rings. The van der Waals surface area contributed by atoms with Crippen LogP contribution in [0.5, 0.6) is 0 Å². The highest BCUT2D eigenvalue weighted by molar-refractivity contribution is 5.94. The number of pyridine rings is 2. The second-order valence-corrected chi connectivity index (χ2v) is 8.06. The number of hydrogen-bond donors (Lipinski definition) is 1. The van der Waals surface area contributed by atoms with Crippen LogP contribution in [0.2, 0.25) is 0 Å². The fourth-order valence-corrected chi connectivity index (χ4v) is 4.29. The summed E-state index contributed by atoms with van der Waals surface area (Å²) in [6.45, 7) is 4.39. The Balaban J connectivity index is 1.72. The van der Waals surface area contributed by atoms with Crippen molar-refractivity contribution in [2.24, 2.45) is 0 Å². The molecule has 0 saturated heterocycles.